The standard InChI is InChI=1S/C13H9ClFN3/c14-9-2-1-3-11-12(9)18-13(17-11)8-5-4-7(15)6-10(8)16/h1-6H,16H2,(H,17,18). The van der Waals surface area contributed by atoms with Gasteiger partial charge in [-0.1, -0.05) is 17.7 Å². The van der Waals surface area contributed by atoms with Crippen molar-refractivity contribution in [1.82, 2.24) is 9.97 Å². The summed E-state index contributed by atoms with van der Waals surface area (Å²) in [4.78, 5) is 7.50. The number of aromatic nitrogens is 2. The van der Waals surface area contributed by atoms with Crippen molar-refractivity contribution in [2.24, 2.45) is 0 Å². The maximum absolute atomic E-state index is 13.0. The third kappa shape index (κ3) is 1.71. The van der Waals surface area contributed by atoms with Crippen LogP contribution in [-0.4, -0.2) is 9.97 Å². The zero-order valence-electron chi connectivity index (χ0n) is 9.24. The molecule has 0 aliphatic rings. The smallest absolute Gasteiger partial charge is 0.140 e. The van der Waals surface area contributed by atoms with Gasteiger partial charge in [0.05, 0.1) is 10.5 Å². The van der Waals surface area contributed by atoms with Crippen LogP contribution in [0.5, 0.6) is 0 Å². The lowest BCUT2D eigenvalue weighted by Gasteiger charge is -2.01. The number of benzene rings is 2. The molecule has 0 radical (unpaired) electrons. The molecule has 3 rings (SSSR count). The number of aromatic amines is 1. The zero-order valence-corrected chi connectivity index (χ0v) is 10.0. The second-order valence-electron chi connectivity index (χ2n) is 3.95. The van der Waals surface area contributed by atoms with Crippen LogP contribution in [0, 0.1) is 5.82 Å². The van der Waals surface area contributed by atoms with E-state index in [1.54, 1.807) is 12.1 Å². The fourth-order valence-corrected chi connectivity index (χ4v) is 2.09. The number of nitrogen functional groups attached to an aromatic ring is 1. The molecule has 0 saturated heterocycles. The van der Waals surface area contributed by atoms with Crippen molar-refractivity contribution >= 4 is 28.3 Å². The summed E-state index contributed by atoms with van der Waals surface area (Å²) in [7, 11) is 0. The van der Waals surface area contributed by atoms with E-state index >= 15 is 0 Å². The molecule has 18 heavy (non-hydrogen) atoms. The highest BCUT2D eigenvalue weighted by Gasteiger charge is 2.10. The Kier molecular flexibility index (Phi) is 2.45. The lowest BCUT2D eigenvalue weighted by molar-refractivity contribution is 0.628. The number of anilines is 1. The molecule has 1 heterocycles. The summed E-state index contributed by atoms with van der Waals surface area (Å²) in [5.74, 6) is 0.209. The van der Waals surface area contributed by atoms with E-state index in [9.17, 15) is 4.39 Å². The molecule has 0 unspecified atom stereocenters. The number of rotatable bonds is 1. The summed E-state index contributed by atoms with van der Waals surface area (Å²) >= 11 is 6.05. The Labute approximate surface area is 107 Å². The molecule has 0 amide bonds. The van der Waals surface area contributed by atoms with Gasteiger partial charge in [0.2, 0.25) is 0 Å². The van der Waals surface area contributed by atoms with E-state index in [2.05, 4.69) is 9.97 Å². The number of H-pyrrole nitrogens is 1. The van der Waals surface area contributed by atoms with Gasteiger partial charge in [-0.3, -0.25) is 0 Å². The summed E-state index contributed by atoms with van der Waals surface area (Å²) in [6.45, 7) is 0. The Bertz CT molecular complexity index is 736. The molecule has 5 heteroatoms. The zero-order chi connectivity index (χ0) is 12.7. The van der Waals surface area contributed by atoms with Crippen LogP contribution in [0.25, 0.3) is 22.4 Å². The van der Waals surface area contributed by atoms with Gasteiger partial charge in [0.25, 0.3) is 0 Å². The number of hydrogen-bond acceptors (Lipinski definition) is 2. The summed E-state index contributed by atoms with van der Waals surface area (Å²) < 4.78 is 13.0. The van der Waals surface area contributed by atoms with Gasteiger partial charge in [0, 0.05) is 11.3 Å². The normalized spacial score (nSPS) is 11.0. The summed E-state index contributed by atoms with van der Waals surface area (Å²) in [5.41, 5.74) is 8.27. The molecule has 1 aromatic heterocycles. The largest absolute Gasteiger partial charge is 0.398 e. The lowest BCUT2D eigenvalue weighted by Crippen LogP contribution is -1.92. The molecule has 0 saturated carbocycles. The molecule has 0 aliphatic carbocycles. The first-order valence-electron chi connectivity index (χ1n) is 5.35. The van der Waals surface area contributed by atoms with Crippen LogP contribution in [0.3, 0.4) is 0 Å². The van der Waals surface area contributed by atoms with Crippen LogP contribution in [-0.2, 0) is 0 Å². The fourth-order valence-electron chi connectivity index (χ4n) is 1.87. The highest BCUT2D eigenvalue weighted by atomic mass is 35.5. The van der Waals surface area contributed by atoms with Crippen molar-refractivity contribution in [3.05, 3.63) is 47.2 Å². The molecule has 3 aromatic rings. The topological polar surface area (TPSA) is 54.7 Å². The Hall–Kier alpha value is -2.07. The maximum atomic E-state index is 13.0. The monoisotopic (exact) mass is 261 g/mol. The molecule has 90 valence electrons. The SMILES string of the molecule is Nc1cc(F)ccc1-c1nc2c(Cl)cccc2[nH]1. The van der Waals surface area contributed by atoms with Gasteiger partial charge in [-0.15, -0.1) is 0 Å². The molecular weight excluding hydrogens is 253 g/mol. The van der Waals surface area contributed by atoms with Gasteiger partial charge in [-0.2, -0.15) is 0 Å². The van der Waals surface area contributed by atoms with E-state index in [4.69, 9.17) is 17.3 Å². The Morgan fingerprint density at radius 3 is 2.78 bits per heavy atom. The van der Waals surface area contributed by atoms with Crippen LogP contribution in [0.1, 0.15) is 0 Å². The summed E-state index contributed by atoms with van der Waals surface area (Å²) in [5, 5.41) is 0.565. The third-order valence-corrected chi connectivity index (χ3v) is 3.04. The van der Waals surface area contributed by atoms with Crippen LogP contribution >= 0.6 is 11.6 Å². The Morgan fingerprint density at radius 2 is 2.06 bits per heavy atom. The Balaban J connectivity index is 2.23. The van der Waals surface area contributed by atoms with E-state index in [1.807, 2.05) is 12.1 Å². The molecular formula is C13H9ClFN3. The molecule has 0 spiro atoms. The van der Waals surface area contributed by atoms with E-state index < -0.39 is 0 Å². The van der Waals surface area contributed by atoms with Crippen LogP contribution < -0.4 is 5.73 Å². The molecule has 2 aromatic carbocycles. The minimum atomic E-state index is -0.370. The second kappa shape index (κ2) is 3.99. The van der Waals surface area contributed by atoms with E-state index in [0.717, 1.165) is 5.52 Å². The van der Waals surface area contributed by atoms with E-state index in [0.29, 0.717) is 27.6 Å². The molecule has 0 fully saturated rings. The van der Waals surface area contributed by atoms with Gasteiger partial charge in [-0.05, 0) is 30.3 Å². The predicted octanol–water partition coefficient (Wildman–Crippen LogP) is 3.60. The Morgan fingerprint density at radius 1 is 1.22 bits per heavy atom. The van der Waals surface area contributed by atoms with Crippen molar-refractivity contribution in [3.63, 3.8) is 0 Å². The highest BCUT2D eigenvalue weighted by molar-refractivity contribution is 6.35. The van der Waals surface area contributed by atoms with E-state index in [-0.39, 0.29) is 5.82 Å². The number of hydrogen-bond donors (Lipinski definition) is 2. The van der Waals surface area contributed by atoms with Crippen molar-refractivity contribution < 1.29 is 4.39 Å². The number of nitrogens with zero attached hydrogens (tertiary/aromatic N) is 1. The molecule has 3 N–H and O–H groups in total. The van der Waals surface area contributed by atoms with Gasteiger partial charge in [0.15, 0.2) is 0 Å². The number of halogens is 2. The fraction of sp³-hybridized carbons (Fsp3) is 0. The van der Waals surface area contributed by atoms with Gasteiger partial charge < -0.3 is 10.7 Å². The third-order valence-electron chi connectivity index (χ3n) is 2.73. The van der Waals surface area contributed by atoms with E-state index in [1.165, 1.54) is 12.1 Å². The minimum absolute atomic E-state index is 0.338. The second-order valence-corrected chi connectivity index (χ2v) is 4.36. The summed E-state index contributed by atoms with van der Waals surface area (Å²) in [6.07, 6.45) is 0. The van der Waals surface area contributed by atoms with Gasteiger partial charge in [0.1, 0.15) is 17.2 Å². The number of para-hydroxylation sites is 1. The highest BCUT2D eigenvalue weighted by Crippen LogP contribution is 2.28. The first-order chi connectivity index (χ1) is 8.65. The lowest BCUT2D eigenvalue weighted by atomic mass is 10.1. The van der Waals surface area contributed by atoms with Crippen molar-refractivity contribution in [1.29, 1.82) is 0 Å². The van der Waals surface area contributed by atoms with Crippen molar-refractivity contribution in [2.75, 3.05) is 5.73 Å². The van der Waals surface area contributed by atoms with Crippen LogP contribution in [0.2, 0.25) is 5.02 Å². The number of imidazole rings is 1. The van der Waals surface area contributed by atoms with Crippen LogP contribution in [0.4, 0.5) is 10.1 Å². The first kappa shape index (κ1) is 11.0. The number of fused-ring (bicyclic) bond motifs is 1. The molecule has 0 aliphatic heterocycles. The van der Waals surface area contributed by atoms with Gasteiger partial charge in [-0.25, -0.2) is 9.37 Å². The molecule has 0 bridgehead atoms. The average molecular weight is 262 g/mol. The minimum Gasteiger partial charge on any atom is -0.398 e. The summed E-state index contributed by atoms with van der Waals surface area (Å²) in [6, 6.07) is 9.68. The van der Waals surface area contributed by atoms with Crippen LogP contribution in [0.15, 0.2) is 36.4 Å². The average Bonchev–Trinajstić information content (AvgIpc) is 2.74. The maximum Gasteiger partial charge on any atom is 0.140 e. The molecule has 0 atom stereocenters. The number of nitrogens with two attached hydrogens (primary N) is 1. The first-order valence-corrected chi connectivity index (χ1v) is 5.72. The molecule has 3 nitrogen and oxygen atoms in total. The predicted molar refractivity (Wildman–Crippen MR) is 70.9 cm³/mol. The number of nitrogens with one attached hydrogen (secondary N) is 1. The van der Waals surface area contributed by atoms with Crippen molar-refractivity contribution in [2.45, 2.75) is 0 Å². The van der Waals surface area contributed by atoms with Gasteiger partial charge >= 0.3 is 0 Å². The quantitative estimate of drug-likeness (QED) is 0.658. The van der Waals surface area contributed by atoms with Crippen molar-refractivity contribution in [3.8, 4) is 11.4 Å².